The molecule has 0 spiro atoms. The van der Waals surface area contributed by atoms with E-state index < -0.39 is 5.97 Å². The summed E-state index contributed by atoms with van der Waals surface area (Å²) in [5.74, 6) is -0.522. The molecule has 0 fully saturated rings. The van der Waals surface area contributed by atoms with Crippen molar-refractivity contribution in [2.24, 2.45) is 0 Å². The molecular weight excluding hydrogens is 356 g/mol. The maximum Gasteiger partial charge on any atom is 0.349 e. The topological polar surface area (TPSA) is 64.4 Å². The first-order chi connectivity index (χ1) is 9.97. The predicted octanol–water partition coefficient (Wildman–Crippen LogP) is 3.88. The zero-order valence-corrected chi connectivity index (χ0v) is 14.5. The summed E-state index contributed by atoms with van der Waals surface area (Å²) in [4.78, 5) is 12.5. The molecule has 1 N–H and O–H groups in total. The molecule has 0 bridgehead atoms. The molecule has 2 rings (SSSR count). The summed E-state index contributed by atoms with van der Waals surface area (Å²) in [7, 11) is 0. The van der Waals surface area contributed by atoms with Gasteiger partial charge in [-0.05, 0) is 42.3 Å². The lowest BCUT2D eigenvalue weighted by atomic mass is 10.3. The van der Waals surface area contributed by atoms with Crippen LogP contribution >= 0.6 is 27.3 Å². The quantitative estimate of drug-likeness (QED) is 0.835. The number of ether oxygens (including phenoxy) is 1. The molecule has 0 aromatic carbocycles. The second kappa shape index (κ2) is 6.62. The molecule has 0 unspecified atom stereocenters. The molecule has 0 saturated carbocycles. The molecule has 5 nitrogen and oxygen atoms in total. The van der Waals surface area contributed by atoms with Gasteiger partial charge in [-0.1, -0.05) is 6.92 Å². The van der Waals surface area contributed by atoms with Crippen LogP contribution < -0.4 is 4.74 Å². The molecule has 114 valence electrons. The van der Waals surface area contributed by atoms with Gasteiger partial charge < -0.3 is 9.84 Å². The van der Waals surface area contributed by atoms with Crippen molar-refractivity contribution < 1.29 is 14.6 Å². The van der Waals surface area contributed by atoms with Crippen LogP contribution in [0, 0.1) is 6.92 Å². The minimum absolute atomic E-state index is 0.252. The zero-order valence-electron chi connectivity index (χ0n) is 12.1. The number of hydrogen-bond acceptors (Lipinski definition) is 4. The number of halogens is 1. The molecule has 0 aliphatic rings. The van der Waals surface area contributed by atoms with E-state index in [4.69, 9.17) is 4.74 Å². The van der Waals surface area contributed by atoms with Crippen molar-refractivity contribution in [1.82, 2.24) is 9.78 Å². The predicted molar refractivity (Wildman–Crippen MR) is 85.3 cm³/mol. The van der Waals surface area contributed by atoms with Gasteiger partial charge in [-0.25, -0.2) is 4.79 Å². The van der Waals surface area contributed by atoms with Crippen molar-refractivity contribution in [3.63, 3.8) is 0 Å². The largest absolute Gasteiger partial charge is 0.485 e. The molecule has 0 radical (unpaired) electrons. The standard InChI is InChI=1S/C14H17BrN2O3S/c1-4-9-6-11(13(21-9)14(18)19)20-7-10-12(15)8(3)16-17(10)5-2/h6H,4-5,7H2,1-3H3,(H,18,19). The summed E-state index contributed by atoms with van der Waals surface area (Å²) in [5.41, 5.74) is 1.81. The minimum atomic E-state index is -0.950. The van der Waals surface area contributed by atoms with Gasteiger partial charge >= 0.3 is 5.97 Å². The Balaban J connectivity index is 2.24. The van der Waals surface area contributed by atoms with Crippen LogP contribution in [0.1, 0.15) is 39.8 Å². The molecule has 21 heavy (non-hydrogen) atoms. The van der Waals surface area contributed by atoms with E-state index in [1.165, 1.54) is 11.3 Å². The number of carbonyl (C=O) groups is 1. The fourth-order valence-corrected chi connectivity index (χ4v) is 3.28. The highest BCUT2D eigenvalue weighted by molar-refractivity contribution is 9.10. The molecule has 0 amide bonds. The van der Waals surface area contributed by atoms with Crippen LogP contribution in [0.4, 0.5) is 0 Å². The monoisotopic (exact) mass is 372 g/mol. The Labute approximate surface area is 135 Å². The summed E-state index contributed by atoms with van der Waals surface area (Å²) in [6.07, 6.45) is 0.796. The number of nitrogens with zero attached hydrogens (tertiary/aromatic N) is 2. The highest BCUT2D eigenvalue weighted by atomic mass is 79.9. The maximum atomic E-state index is 11.3. The molecule has 0 atom stereocenters. The Morgan fingerprint density at radius 3 is 2.81 bits per heavy atom. The Morgan fingerprint density at radius 1 is 1.52 bits per heavy atom. The van der Waals surface area contributed by atoms with E-state index in [1.807, 2.05) is 31.5 Å². The van der Waals surface area contributed by atoms with Gasteiger partial charge in [0.2, 0.25) is 0 Å². The van der Waals surface area contributed by atoms with E-state index >= 15 is 0 Å². The van der Waals surface area contributed by atoms with Gasteiger partial charge in [-0.2, -0.15) is 5.10 Å². The lowest BCUT2D eigenvalue weighted by molar-refractivity contribution is 0.0697. The van der Waals surface area contributed by atoms with Crippen LogP contribution in [0.2, 0.25) is 0 Å². The van der Waals surface area contributed by atoms with Gasteiger partial charge in [-0.15, -0.1) is 11.3 Å². The first kappa shape index (κ1) is 16.0. The van der Waals surface area contributed by atoms with Crippen molar-refractivity contribution in [2.45, 2.75) is 40.3 Å². The van der Waals surface area contributed by atoms with Crippen LogP contribution in [-0.4, -0.2) is 20.9 Å². The van der Waals surface area contributed by atoms with Gasteiger partial charge in [0, 0.05) is 11.4 Å². The van der Waals surface area contributed by atoms with Gasteiger partial charge in [0.1, 0.15) is 12.4 Å². The van der Waals surface area contributed by atoms with Crippen LogP contribution in [0.5, 0.6) is 5.75 Å². The lowest BCUT2D eigenvalue weighted by Crippen LogP contribution is -2.07. The first-order valence-electron chi connectivity index (χ1n) is 6.68. The van der Waals surface area contributed by atoms with Crippen molar-refractivity contribution in [3.8, 4) is 5.75 Å². The van der Waals surface area contributed by atoms with E-state index in [9.17, 15) is 9.90 Å². The summed E-state index contributed by atoms with van der Waals surface area (Å²) in [5, 5.41) is 13.6. The fourth-order valence-electron chi connectivity index (χ4n) is 2.01. The number of aromatic nitrogens is 2. The molecule has 2 aromatic rings. The van der Waals surface area contributed by atoms with E-state index in [0.29, 0.717) is 5.75 Å². The lowest BCUT2D eigenvalue weighted by Gasteiger charge is -2.08. The van der Waals surface area contributed by atoms with Crippen LogP contribution in [-0.2, 0) is 19.6 Å². The third-order valence-corrected chi connectivity index (χ3v) is 5.39. The molecule has 0 aliphatic carbocycles. The third-order valence-electron chi connectivity index (χ3n) is 3.11. The summed E-state index contributed by atoms with van der Waals surface area (Å²) >= 11 is 4.77. The van der Waals surface area contributed by atoms with Crippen LogP contribution in [0.3, 0.4) is 0 Å². The fraction of sp³-hybridized carbons (Fsp3) is 0.429. The highest BCUT2D eigenvalue weighted by Crippen LogP contribution is 2.31. The Bertz CT molecular complexity index is 663. The average molecular weight is 373 g/mol. The Morgan fingerprint density at radius 2 is 2.24 bits per heavy atom. The van der Waals surface area contributed by atoms with Crippen molar-refractivity contribution in [1.29, 1.82) is 0 Å². The minimum Gasteiger partial charge on any atom is -0.485 e. The number of thiophene rings is 1. The normalized spacial score (nSPS) is 10.9. The zero-order chi connectivity index (χ0) is 15.6. The SMILES string of the molecule is CCc1cc(OCc2c(Br)c(C)nn2CC)c(C(=O)O)s1. The average Bonchev–Trinajstić information content (AvgIpc) is 2.99. The summed E-state index contributed by atoms with van der Waals surface area (Å²) in [6, 6.07) is 1.81. The van der Waals surface area contributed by atoms with Crippen LogP contribution in [0.25, 0.3) is 0 Å². The molecule has 7 heteroatoms. The van der Waals surface area contributed by atoms with Crippen molar-refractivity contribution >= 4 is 33.2 Å². The van der Waals surface area contributed by atoms with Gasteiger partial charge in [0.05, 0.1) is 15.9 Å². The van der Waals surface area contributed by atoms with E-state index in [1.54, 1.807) is 0 Å². The van der Waals surface area contributed by atoms with Gasteiger partial charge in [0.15, 0.2) is 4.88 Å². The van der Waals surface area contributed by atoms with Gasteiger partial charge in [-0.3, -0.25) is 4.68 Å². The van der Waals surface area contributed by atoms with E-state index in [2.05, 4.69) is 21.0 Å². The molecular formula is C14H17BrN2O3S. The number of carboxylic acid groups (broad SMARTS) is 1. The van der Waals surface area contributed by atoms with E-state index in [-0.39, 0.29) is 11.5 Å². The summed E-state index contributed by atoms with van der Waals surface area (Å²) in [6.45, 7) is 6.94. The first-order valence-corrected chi connectivity index (χ1v) is 8.29. The number of hydrogen-bond donors (Lipinski definition) is 1. The van der Waals surface area contributed by atoms with Gasteiger partial charge in [0.25, 0.3) is 0 Å². The number of aryl methyl sites for hydroxylation is 3. The Kier molecular flexibility index (Phi) is 5.05. The third kappa shape index (κ3) is 3.29. The van der Waals surface area contributed by atoms with E-state index in [0.717, 1.165) is 33.7 Å². The van der Waals surface area contributed by atoms with Crippen molar-refractivity contribution in [2.75, 3.05) is 0 Å². The highest BCUT2D eigenvalue weighted by Gasteiger charge is 2.18. The maximum absolute atomic E-state index is 11.3. The number of rotatable bonds is 6. The van der Waals surface area contributed by atoms with Crippen LogP contribution in [0.15, 0.2) is 10.5 Å². The van der Waals surface area contributed by atoms with Crippen molar-refractivity contribution in [3.05, 3.63) is 31.7 Å². The summed E-state index contributed by atoms with van der Waals surface area (Å²) < 4.78 is 8.51. The smallest absolute Gasteiger partial charge is 0.349 e. The number of aromatic carboxylic acids is 1. The molecule has 2 aromatic heterocycles. The molecule has 2 heterocycles. The Hall–Kier alpha value is -1.34. The second-order valence-corrected chi connectivity index (χ2v) is 6.45. The molecule has 0 saturated heterocycles. The molecule has 0 aliphatic heterocycles. The second-order valence-electron chi connectivity index (χ2n) is 4.52. The number of carboxylic acids is 1.